The molecule has 2 fully saturated rings. The lowest BCUT2D eigenvalue weighted by atomic mass is 9.84. The van der Waals surface area contributed by atoms with Gasteiger partial charge in [-0.2, -0.15) is 0 Å². The van der Waals surface area contributed by atoms with Crippen LogP contribution in [0, 0.1) is 12.8 Å². The minimum Gasteiger partial charge on any atom is -0.349 e. The van der Waals surface area contributed by atoms with Crippen molar-refractivity contribution in [1.29, 1.82) is 0 Å². The third-order valence-electron chi connectivity index (χ3n) is 5.81. The van der Waals surface area contributed by atoms with Crippen LogP contribution in [0.4, 0.5) is 0 Å². The van der Waals surface area contributed by atoms with E-state index in [0.29, 0.717) is 23.0 Å². The van der Waals surface area contributed by atoms with Crippen LogP contribution >= 0.6 is 22.9 Å². The van der Waals surface area contributed by atoms with E-state index in [1.54, 1.807) is 35.6 Å². The SMILES string of the molecule is Cc1nc(CNC(=O)[C@@H]2C[C@H]3CCCC[C@H]3N2C(=O)c2cccc(Cl)c2)cs1. The Bertz CT molecular complexity index is 884. The lowest BCUT2D eigenvalue weighted by molar-refractivity contribution is -0.125. The standard InChI is InChI=1S/C21H24ClN3O2S/c1-13-24-17(12-28-13)11-23-20(26)19-10-14-5-2-3-8-18(14)25(19)21(27)15-6-4-7-16(22)9-15/h4,6-7,9,12,14,18-19H,2-3,5,8,10-11H2,1H3,(H,23,26)/t14-,18-,19+/m1/s1. The second-order valence-corrected chi connectivity index (χ2v) is 9.16. The molecule has 1 aliphatic heterocycles. The van der Waals surface area contributed by atoms with Gasteiger partial charge < -0.3 is 10.2 Å². The van der Waals surface area contributed by atoms with Crippen molar-refractivity contribution in [3.05, 3.63) is 50.9 Å². The molecule has 2 aromatic rings. The highest BCUT2D eigenvalue weighted by molar-refractivity contribution is 7.09. The van der Waals surface area contributed by atoms with Crippen LogP contribution in [0.15, 0.2) is 29.6 Å². The van der Waals surface area contributed by atoms with E-state index in [9.17, 15) is 9.59 Å². The molecule has 3 atom stereocenters. The third kappa shape index (κ3) is 3.94. The highest BCUT2D eigenvalue weighted by Crippen LogP contribution is 2.40. The Balaban J connectivity index is 1.54. The molecule has 0 spiro atoms. The topological polar surface area (TPSA) is 62.3 Å². The summed E-state index contributed by atoms with van der Waals surface area (Å²) in [7, 11) is 0. The highest BCUT2D eigenvalue weighted by atomic mass is 35.5. The minimum atomic E-state index is -0.431. The number of aryl methyl sites for hydroxylation is 1. The average molecular weight is 418 g/mol. The Morgan fingerprint density at radius 2 is 2.14 bits per heavy atom. The van der Waals surface area contributed by atoms with E-state index in [-0.39, 0.29) is 17.9 Å². The zero-order chi connectivity index (χ0) is 19.7. The summed E-state index contributed by atoms with van der Waals surface area (Å²) in [6.45, 7) is 2.34. The molecule has 7 heteroatoms. The maximum atomic E-state index is 13.3. The molecule has 1 saturated carbocycles. The number of amides is 2. The van der Waals surface area contributed by atoms with Crippen molar-refractivity contribution >= 4 is 34.8 Å². The zero-order valence-electron chi connectivity index (χ0n) is 15.9. The lowest BCUT2D eigenvalue weighted by Crippen LogP contribution is -2.49. The van der Waals surface area contributed by atoms with Crippen molar-refractivity contribution in [3.63, 3.8) is 0 Å². The quantitative estimate of drug-likeness (QED) is 0.811. The summed E-state index contributed by atoms with van der Waals surface area (Å²) in [5.41, 5.74) is 1.41. The number of nitrogens with zero attached hydrogens (tertiary/aromatic N) is 2. The monoisotopic (exact) mass is 417 g/mol. The Morgan fingerprint density at radius 3 is 2.89 bits per heavy atom. The molecular formula is C21H24ClN3O2S. The Labute approximate surface area is 174 Å². The van der Waals surface area contributed by atoms with Gasteiger partial charge in [0.25, 0.3) is 5.91 Å². The number of fused-ring (bicyclic) bond motifs is 1. The van der Waals surface area contributed by atoms with Crippen LogP contribution in [0.5, 0.6) is 0 Å². The summed E-state index contributed by atoms with van der Waals surface area (Å²) in [6.07, 6.45) is 5.06. The smallest absolute Gasteiger partial charge is 0.254 e. The number of aromatic nitrogens is 1. The van der Waals surface area contributed by atoms with E-state index in [0.717, 1.165) is 36.4 Å². The van der Waals surface area contributed by atoms with Crippen LogP contribution in [-0.4, -0.2) is 33.8 Å². The molecule has 1 saturated heterocycles. The van der Waals surface area contributed by atoms with Crippen LogP contribution in [0.2, 0.25) is 5.02 Å². The molecule has 1 aromatic carbocycles. The molecule has 28 heavy (non-hydrogen) atoms. The van der Waals surface area contributed by atoms with Crippen LogP contribution in [0.25, 0.3) is 0 Å². The van der Waals surface area contributed by atoms with Crippen LogP contribution in [0.3, 0.4) is 0 Å². The molecule has 2 amide bonds. The second kappa shape index (κ2) is 8.21. The summed E-state index contributed by atoms with van der Waals surface area (Å²) in [6, 6.07) is 6.71. The average Bonchev–Trinajstić information content (AvgIpc) is 3.29. The normalized spacial score (nSPS) is 24.1. The third-order valence-corrected chi connectivity index (χ3v) is 6.86. The molecule has 0 unspecified atom stereocenters. The Morgan fingerprint density at radius 1 is 1.32 bits per heavy atom. The van der Waals surface area contributed by atoms with Crippen molar-refractivity contribution in [2.45, 2.75) is 57.7 Å². The molecule has 0 bridgehead atoms. The molecule has 2 aliphatic rings. The number of likely N-dealkylation sites (tertiary alicyclic amines) is 1. The second-order valence-electron chi connectivity index (χ2n) is 7.66. The minimum absolute atomic E-state index is 0.0876. The summed E-state index contributed by atoms with van der Waals surface area (Å²) in [4.78, 5) is 32.6. The first-order chi connectivity index (χ1) is 13.5. The van der Waals surface area contributed by atoms with E-state index in [4.69, 9.17) is 11.6 Å². The van der Waals surface area contributed by atoms with Crippen molar-refractivity contribution in [1.82, 2.24) is 15.2 Å². The van der Waals surface area contributed by atoms with Gasteiger partial charge in [0.05, 0.1) is 17.2 Å². The Hall–Kier alpha value is -1.92. The van der Waals surface area contributed by atoms with E-state index < -0.39 is 6.04 Å². The fraction of sp³-hybridized carbons (Fsp3) is 0.476. The summed E-state index contributed by atoms with van der Waals surface area (Å²) < 4.78 is 0. The maximum Gasteiger partial charge on any atom is 0.254 e. The molecule has 5 nitrogen and oxygen atoms in total. The number of nitrogens with one attached hydrogen (secondary N) is 1. The molecular weight excluding hydrogens is 394 g/mol. The number of halogens is 1. The largest absolute Gasteiger partial charge is 0.349 e. The van der Waals surface area contributed by atoms with Gasteiger partial charge in [-0.1, -0.05) is 30.5 Å². The van der Waals surface area contributed by atoms with Crippen molar-refractivity contribution < 1.29 is 9.59 Å². The van der Waals surface area contributed by atoms with Gasteiger partial charge in [0.1, 0.15) is 6.04 Å². The fourth-order valence-corrected chi connectivity index (χ4v) is 5.34. The molecule has 1 N–H and O–H groups in total. The summed E-state index contributed by atoms with van der Waals surface area (Å²) in [5.74, 6) is 0.214. The van der Waals surface area contributed by atoms with Crippen LogP contribution in [-0.2, 0) is 11.3 Å². The number of hydrogen-bond acceptors (Lipinski definition) is 4. The molecule has 1 aliphatic carbocycles. The fourth-order valence-electron chi connectivity index (χ4n) is 4.54. The number of benzene rings is 1. The highest BCUT2D eigenvalue weighted by Gasteiger charge is 2.47. The number of rotatable bonds is 4. The molecule has 2 heterocycles. The van der Waals surface area contributed by atoms with Crippen LogP contribution < -0.4 is 5.32 Å². The molecule has 4 rings (SSSR count). The van der Waals surface area contributed by atoms with Gasteiger partial charge in [0.2, 0.25) is 5.91 Å². The summed E-state index contributed by atoms with van der Waals surface area (Å²) >= 11 is 7.66. The van der Waals surface area contributed by atoms with Gasteiger partial charge in [-0.15, -0.1) is 11.3 Å². The lowest BCUT2D eigenvalue weighted by Gasteiger charge is -2.33. The summed E-state index contributed by atoms with van der Waals surface area (Å²) in [5, 5.41) is 6.47. The van der Waals surface area contributed by atoms with E-state index in [2.05, 4.69) is 10.3 Å². The van der Waals surface area contributed by atoms with Gasteiger partial charge in [0, 0.05) is 22.0 Å². The van der Waals surface area contributed by atoms with Gasteiger partial charge in [-0.25, -0.2) is 4.98 Å². The van der Waals surface area contributed by atoms with Crippen molar-refractivity contribution in [3.8, 4) is 0 Å². The predicted octanol–water partition coefficient (Wildman–Crippen LogP) is 4.19. The van der Waals surface area contributed by atoms with E-state index in [1.807, 2.05) is 17.2 Å². The number of hydrogen-bond donors (Lipinski definition) is 1. The first-order valence-electron chi connectivity index (χ1n) is 9.80. The predicted molar refractivity (Wildman–Crippen MR) is 110 cm³/mol. The van der Waals surface area contributed by atoms with E-state index >= 15 is 0 Å². The molecule has 1 aromatic heterocycles. The molecule has 0 radical (unpaired) electrons. The number of thiazole rings is 1. The van der Waals surface area contributed by atoms with Crippen molar-refractivity contribution in [2.24, 2.45) is 5.92 Å². The first-order valence-corrected chi connectivity index (χ1v) is 11.1. The van der Waals surface area contributed by atoms with Gasteiger partial charge in [-0.3, -0.25) is 9.59 Å². The first kappa shape index (κ1) is 19.4. The van der Waals surface area contributed by atoms with Gasteiger partial charge >= 0.3 is 0 Å². The molecule has 148 valence electrons. The van der Waals surface area contributed by atoms with Crippen molar-refractivity contribution in [2.75, 3.05) is 0 Å². The maximum absolute atomic E-state index is 13.3. The van der Waals surface area contributed by atoms with Crippen LogP contribution in [0.1, 0.15) is 53.2 Å². The number of carbonyl (C=O) groups excluding carboxylic acids is 2. The zero-order valence-corrected chi connectivity index (χ0v) is 17.4. The van der Waals surface area contributed by atoms with Gasteiger partial charge in [-0.05, 0) is 50.3 Å². The van der Waals surface area contributed by atoms with E-state index in [1.165, 1.54) is 6.42 Å². The number of carbonyl (C=O) groups is 2. The Kier molecular flexibility index (Phi) is 5.69. The van der Waals surface area contributed by atoms with Gasteiger partial charge in [0.15, 0.2) is 0 Å².